The molecule has 2 N–H and O–H groups in total. The van der Waals surface area contributed by atoms with Gasteiger partial charge in [0, 0.05) is 33.1 Å². The van der Waals surface area contributed by atoms with E-state index < -0.39 is 21.0 Å². The Labute approximate surface area is 367 Å². The molecule has 7 aliphatic carbocycles. The highest BCUT2D eigenvalue weighted by molar-refractivity contribution is 7.91. The zero-order chi connectivity index (χ0) is 43.7. The van der Waals surface area contributed by atoms with Crippen LogP contribution in [0.25, 0.3) is 0 Å². The van der Waals surface area contributed by atoms with Crippen molar-refractivity contribution in [2.75, 3.05) is 37.7 Å². The van der Waals surface area contributed by atoms with E-state index in [0.29, 0.717) is 77.9 Å². The summed E-state index contributed by atoms with van der Waals surface area (Å²) < 4.78 is 36.1. The summed E-state index contributed by atoms with van der Waals surface area (Å²) in [6, 6.07) is 0. The minimum Gasteiger partial charge on any atom is -0.462 e. The van der Waals surface area contributed by atoms with Crippen molar-refractivity contribution in [2.24, 2.45) is 73.9 Å². The number of aliphatic hydroxyl groups is 1. The molecule has 8 nitrogen and oxygen atoms in total. The summed E-state index contributed by atoms with van der Waals surface area (Å²) >= 11 is 0. The first-order valence-corrected chi connectivity index (χ1v) is 26.6. The Morgan fingerprint density at radius 1 is 0.900 bits per heavy atom. The second-order valence-corrected chi connectivity index (χ2v) is 27.3. The minimum absolute atomic E-state index is 0. The number of nitrogens with zero attached hydrogens (tertiary/aromatic N) is 1. The maximum Gasteiger partial charge on any atom is 0.317 e. The van der Waals surface area contributed by atoms with Gasteiger partial charge in [0.2, 0.25) is 0 Å². The van der Waals surface area contributed by atoms with Gasteiger partial charge < -0.3 is 24.8 Å². The molecule has 8 aliphatic rings. The normalized spacial score (nSPS) is 46.7. The van der Waals surface area contributed by atoms with E-state index >= 15 is 0 Å². The number of ether oxygens (including phenoxy) is 2. The van der Waals surface area contributed by atoms with Gasteiger partial charge in [-0.05, 0) is 187 Å². The van der Waals surface area contributed by atoms with E-state index in [4.69, 9.17) is 9.47 Å². The predicted molar refractivity (Wildman–Crippen MR) is 243 cm³/mol. The number of carbonyl (C=O) groups is 1. The molecular formula is C51H88N2O6S. The number of rotatable bonds is 11. The van der Waals surface area contributed by atoms with Crippen molar-refractivity contribution in [1.82, 2.24) is 10.2 Å². The van der Waals surface area contributed by atoms with Crippen molar-refractivity contribution in [3.8, 4) is 0 Å². The first kappa shape index (κ1) is 45.6. The molecule has 0 radical (unpaired) electrons. The molecule has 0 aromatic rings. The molecule has 1 aliphatic heterocycles. The summed E-state index contributed by atoms with van der Waals surface area (Å²) in [5.41, 5.74) is 1.97. The molecule has 60 heavy (non-hydrogen) atoms. The standard InChI is InChI=1S/C51H86N2O6S.H2/c1-33(2)37-15-20-51(52-23-24-53-25-27-60(56,57)28-26-53)22-21-46(10)39(42(37)51)13-14-41-45(9)18-16-38(44(7,8)40(45)17-19-47(41,46)11)36-29-49(30-36)31-50(32-49,43(54)58-34(3)4)48(12,55)59-35(5)6;/h16,33-37,39-42,52,55H,13-15,17-32H2,1-12H3;1H/t36?,37-,39?,40-,41+,42+,45-,46+,47+,48?,49?,50?,51-;/m0./s1. The third-order valence-corrected chi connectivity index (χ3v) is 22.2. The number of hydrogen-bond acceptors (Lipinski definition) is 8. The Morgan fingerprint density at radius 2 is 1.57 bits per heavy atom. The SMILES string of the molecule is CC(C)OC(=O)C1(C(C)(O)OC(C)C)CC2(CC(C3=CC[C@]4(C)[C@H]5CCC6[C@H]7[C@H](C(C)C)CC[C@]7(NCCN7CCS(=O)(=O)CC7)CC[C@@]6(C)[C@]5(C)CC[C@H]4C3(C)C)C2)C1.[HH]. The summed E-state index contributed by atoms with van der Waals surface area (Å²) in [4.78, 5) is 16.1. The Balaban J connectivity index is 0.00000561. The fraction of sp³-hybridized carbons (Fsp3) is 0.941. The van der Waals surface area contributed by atoms with Crippen LogP contribution >= 0.6 is 0 Å². The Kier molecular flexibility index (Phi) is 11.4. The van der Waals surface area contributed by atoms with Gasteiger partial charge in [-0.3, -0.25) is 4.79 Å². The first-order chi connectivity index (χ1) is 27.8. The summed E-state index contributed by atoms with van der Waals surface area (Å²) in [7, 11) is -2.86. The fourth-order valence-electron chi connectivity index (χ4n) is 17.7. The largest absolute Gasteiger partial charge is 0.462 e. The number of carbonyl (C=O) groups excluding carboxylic acids is 1. The van der Waals surface area contributed by atoms with Crippen LogP contribution in [-0.2, 0) is 24.1 Å². The van der Waals surface area contributed by atoms with Crippen LogP contribution in [-0.4, -0.2) is 85.6 Å². The molecule has 8 rings (SSSR count). The fourth-order valence-corrected chi connectivity index (χ4v) is 19.0. The molecule has 0 amide bonds. The quantitative estimate of drug-likeness (QED) is 0.120. The molecule has 1 heterocycles. The van der Waals surface area contributed by atoms with Crippen molar-refractivity contribution >= 4 is 15.8 Å². The number of allylic oxidation sites excluding steroid dienone is 2. The Bertz CT molecular complexity index is 1780. The lowest BCUT2D eigenvalue weighted by molar-refractivity contribution is -0.325. The number of fused-ring (bicyclic) bond motifs is 7. The van der Waals surface area contributed by atoms with Gasteiger partial charge in [-0.2, -0.15) is 0 Å². The number of sulfone groups is 1. The van der Waals surface area contributed by atoms with Gasteiger partial charge in [-0.15, -0.1) is 0 Å². The van der Waals surface area contributed by atoms with Crippen molar-refractivity contribution in [3.05, 3.63) is 11.6 Å². The topological polar surface area (TPSA) is 105 Å². The zero-order valence-corrected chi connectivity index (χ0v) is 40.9. The number of nitrogens with one attached hydrogen (secondary N) is 1. The van der Waals surface area contributed by atoms with E-state index in [1.165, 1.54) is 57.8 Å². The van der Waals surface area contributed by atoms with Gasteiger partial charge in [0.25, 0.3) is 0 Å². The lowest BCUT2D eigenvalue weighted by Gasteiger charge is -2.73. The van der Waals surface area contributed by atoms with E-state index in [1.54, 1.807) is 12.5 Å². The lowest BCUT2D eigenvalue weighted by Crippen LogP contribution is -2.69. The van der Waals surface area contributed by atoms with Crippen LogP contribution in [0.1, 0.15) is 168 Å². The van der Waals surface area contributed by atoms with Crippen molar-refractivity contribution in [2.45, 2.75) is 190 Å². The van der Waals surface area contributed by atoms with E-state index in [9.17, 15) is 18.3 Å². The lowest BCUT2D eigenvalue weighted by atomic mass is 9.32. The highest BCUT2D eigenvalue weighted by Crippen LogP contribution is 2.78. The van der Waals surface area contributed by atoms with Crippen LogP contribution < -0.4 is 5.32 Å². The summed E-state index contributed by atoms with van der Waals surface area (Å²) in [5, 5.41) is 16.0. The molecule has 1 saturated heterocycles. The molecule has 1 spiro atoms. The van der Waals surface area contributed by atoms with Crippen LogP contribution in [0.4, 0.5) is 0 Å². The van der Waals surface area contributed by atoms with Gasteiger partial charge >= 0.3 is 5.97 Å². The molecule has 344 valence electrons. The number of hydrogen-bond donors (Lipinski definition) is 2. The van der Waals surface area contributed by atoms with Crippen LogP contribution in [0.15, 0.2) is 11.6 Å². The van der Waals surface area contributed by atoms with E-state index in [2.05, 4.69) is 64.8 Å². The van der Waals surface area contributed by atoms with E-state index in [-0.39, 0.29) is 41.4 Å². The van der Waals surface area contributed by atoms with Gasteiger partial charge in [0.15, 0.2) is 15.6 Å². The number of esters is 1. The summed E-state index contributed by atoms with van der Waals surface area (Å²) in [6.07, 6.45) is 17.5. The molecule has 6 saturated carbocycles. The van der Waals surface area contributed by atoms with Gasteiger partial charge in [0.05, 0.1) is 23.7 Å². The van der Waals surface area contributed by atoms with Gasteiger partial charge in [-0.25, -0.2) is 8.42 Å². The second-order valence-electron chi connectivity index (χ2n) is 24.9. The van der Waals surface area contributed by atoms with Crippen molar-refractivity contribution in [3.63, 3.8) is 0 Å². The highest BCUT2D eigenvalue weighted by Gasteiger charge is 2.74. The van der Waals surface area contributed by atoms with Crippen molar-refractivity contribution in [1.29, 1.82) is 0 Å². The third-order valence-electron chi connectivity index (χ3n) is 20.6. The maximum atomic E-state index is 13.7. The summed E-state index contributed by atoms with van der Waals surface area (Å²) in [6.45, 7) is 31.0. The molecule has 0 bridgehead atoms. The van der Waals surface area contributed by atoms with Crippen molar-refractivity contribution < 1.29 is 29.2 Å². The monoisotopic (exact) mass is 857 g/mol. The minimum atomic E-state index is -2.86. The van der Waals surface area contributed by atoms with Crippen LogP contribution in [0.5, 0.6) is 0 Å². The third kappa shape index (κ3) is 6.90. The average molecular weight is 857 g/mol. The predicted octanol–water partition coefficient (Wildman–Crippen LogP) is 9.84. The molecule has 2 unspecified atom stereocenters. The second kappa shape index (κ2) is 15.0. The zero-order valence-electron chi connectivity index (χ0n) is 40.1. The van der Waals surface area contributed by atoms with E-state index in [0.717, 1.165) is 37.8 Å². The van der Waals surface area contributed by atoms with Gasteiger partial charge in [-0.1, -0.05) is 60.1 Å². The van der Waals surface area contributed by atoms with Gasteiger partial charge in [0.1, 0.15) is 5.41 Å². The maximum absolute atomic E-state index is 13.7. The summed E-state index contributed by atoms with van der Waals surface area (Å²) in [5.74, 6) is 3.56. The molecule has 0 aromatic carbocycles. The molecule has 10 atom stereocenters. The van der Waals surface area contributed by atoms with Crippen LogP contribution in [0, 0.1) is 73.9 Å². The Hall–Kier alpha value is -1.00. The Morgan fingerprint density at radius 3 is 2.18 bits per heavy atom. The average Bonchev–Trinajstić information content (AvgIpc) is 3.48. The first-order valence-electron chi connectivity index (χ1n) is 24.8. The molecule has 7 fully saturated rings. The van der Waals surface area contributed by atoms with Crippen LogP contribution in [0.2, 0.25) is 0 Å². The van der Waals surface area contributed by atoms with E-state index in [1.807, 2.05) is 27.7 Å². The smallest absolute Gasteiger partial charge is 0.317 e. The molecular weight excluding hydrogens is 769 g/mol. The highest BCUT2D eigenvalue weighted by atomic mass is 32.2. The molecule has 9 heteroatoms. The van der Waals surface area contributed by atoms with Crippen LogP contribution in [0.3, 0.4) is 0 Å². The molecule has 0 aromatic heterocycles.